The van der Waals surface area contributed by atoms with E-state index in [1.807, 2.05) is 7.05 Å². The Bertz CT molecular complexity index is 374. The number of pyridine rings is 1. The summed E-state index contributed by atoms with van der Waals surface area (Å²) in [6.07, 6.45) is 7.20. The third-order valence-corrected chi connectivity index (χ3v) is 3.75. The molecule has 0 saturated heterocycles. The van der Waals surface area contributed by atoms with Crippen LogP contribution >= 0.6 is 0 Å². The lowest BCUT2D eigenvalue weighted by Gasteiger charge is -2.42. The number of nitrogens with one attached hydrogen (secondary N) is 1. The van der Waals surface area contributed by atoms with Crippen molar-refractivity contribution in [3.63, 3.8) is 0 Å². The number of hydrogen-bond donors (Lipinski definition) is 1. The van der Waals surface area contributed by atoms with Crippen LogP contribution in [-0.2, 0) is 4.74 Å². The van der Waals surface area contributed by atoms with E-state index in [0.717, 1.165) is 24.8 Å². The van der Waals surface area contributed by atoms with Crippen molar-refractivity contribution in [2.75, 3.05) is 14.2 Å². The molecule has 0 bridgehead atoms. The topological polar surface area (TPSA) is 34.1 Å². The summed E-state index contributed by atoms with van der Waals surface area (Å²) < 4.78 is 18.8. The van der Waals surface area contributed by atoms with Crippen molar-refractivity contribution in [3.8, 4) is 0 Å². The molecule has 2 rings (SSSR count). The number of aromatic nitrogens is 1. The molecule has 1 N–H and O–H groups in total. The molecule has 1 aromatic heterocycles. The molecule has 1 heterocycles. The van der Waals surface area contributed by atoms with Crippen LogP contribution in [0.25, 0.3) is 0 Å². The largest absolute Gasteiger partial charge is 0.378 e. The van der Waals surface area contributed by atoms with Crippen LogP contribution in [0.1, 0.15) is 37.3 Å². The average Bonchev–Trinajstić information content (AvgIpc) is 2.29. The van der Waals surface area contributed by atoms with Crippen LogP contribution < -0.4 is 5.32 Å². The molecule has 1 aliphatic rings. The van der Waals surface area contributed by atoms with Gasteiger partial charge in [0.05, 0.1) is 11.8 Å². The first kappa shape index (κ1) is 12.5. The summed E-state index contributed by atoms with van der Waals surface area (Å²) in [5.74, 6) is -0.289. The summed E-state index contributed by atoms with van der Waals surface area (Å²) in [6, 6.07) is 1.63. The highest BCUT2D eigenvalue weighted by Crippen LogP contribution is 2.41. The van der Waals surface area contributed by atoms with Crippen molar-refractivity contribution in [2.45, 2.75) is 37.3 Å². The van der Waals surface area contributed by atoms with Crippen molar-refractivity contribution >= 4 is 0 Å². The van der Waals surface area contributed by atoms with Gasteiger partial charge in [0.2, 0.25) is 0 Å². The summed E-state index contributed by atoms with van der Waals surface area (Å²) >= 11 is 0. The molecule has 1 fully saturated rings. The molecule has 0 amide bonds. The zero-order valence-electron chi connectivity index (χ0n) is 10.4. The molecule has 1 aliphatic carbocycles. The Hall–Kier alpha value is -1.00. The minimum atomic E-state index is -0.289. The molecule has 4 heteroatoms. The second kappa shape index (κ2) is 5.10. The average molecular weight is 238 g/mol. The monoisotopic (exact) mass is 238 g/mol. The predicted octanol–water partition coefficient (Wildman–Crippen LogP) is 2.44. The van der Waals surface area contributed by atoms with E-state index >= 15 is 0 Å². The zero-order chi connectivity index (χ0) is 12.3. The normalized spacial score (nSPS) is 19.7. The first-order chi connectivity index (χ1) is 8.19. The van der Waals surface area contributed by atoms with Gasteiger partial charge in [-0.1, -0.05) is 0 Å². The highest BCUT2D eigenvalue weighted by Gasteiger charge is 2.39. The van der Waals surface area contributed by atoms with E-state index in [1.165, 1.54) is 18.7 Å². The maximum absolute atomic E-state index is 13.2. The van der Waals surface area contributed by atoms with E-state index in [4.69, 9.17) is 4.74 Å². The Morgan fingerprint density at radius 1 is 1.53 bits per heavy atom. The van der Waals surface area contributed by atoms with Crippen molar-refractivity contribution in [2.24, 2.45) is 0 Å². The molecule has 1 atom stereocenters. The van der Waals surface area contributed by atoms with Gasteiger partial charge in [-0.3, -0.25) is 4.98 Å². The molecule has 0 radical (unpaired) electrons. The van der Waals surface area contributed by atoms with Gasteiger partial charge >= 0.3 is 0 Å². The van der Waals surface area contributed by atoms with Gasteiger partial charge in [0.1, 0.15) is 5.82 Å². The first-order valence-corrected chi connectivity index (χ1v) is 6.02. The lowest BCUT2D eigenvalue weighted by molar-refractivity contribution is -0.0834. The Balaban J connectivity index is 2.11. The standard InChI is InChI=1S/C13H19FN2O/c1-15-12(7-13(17-2)4-3-5-13)10-6-11(14)9-16-8-10/h6,8-9,12,15H,3-5,7H2,1-2H3. The molecule has 94 valence electrons. The molecular weight excluding hydrogens is 219 g/mol. The van der Waals surface area contributed by atoms with Crippen LogP contribution in [-0.4, -0.2) is 24.7 Å². The van der Waals surface area contributed by atoms with Crippen LogP contribution in [0.4, 0.5) is 4.39 Å². The summed E-state index contributed by atoms with van der Waals surface area (Å²) in [7, 11) is 3.65. The van der Waals surface area contributed by atoms with E-state index in [0.29, 0.717) is 0 Å². The summed E-state index contributed by atoms with van der Waals surface area (Å²) in [5, 5.41) is 3.22. The van der Waals surface area contributed by atoms with E-state index in [-0.39, 0.29) is 17.5 Å². The molecule has 0 spiro atoms. The Kier molecular flexibility index (Phi) is 3.74. The molecule has 1 saturated carbocycles. The zero-order valence-corrected chi connectivity index (χ0v) is 10.4. The molecule has 1 unspecified atom stereocenters. The number of ether oxygens (including phenoxy) is 1. The van der Waals surface area contributed by atoms with Gasteiger partial charge in [-0.2, -0.15) is 0 Å². The van der Waals surface area contributed by atoms with Gasteiger partial charge in [-0.25, -0.2) is 4.39 Å². The van der Waals surface area contributed by atoms with Crippen LogP contribution in [0.3, 0.4) is 0 Å². The van der Waals surface area contributed by atoms with Crippen molar-refractivity contribution in [1.29, 1.82) is 0 Å². The Morgan fingerprint density at radius 2 is 2.29 bits per heavy atom. The van der Waals surface area contributed by atoms with Crippen LogP contribution in [0.5, 0.6) is 0 Å². The van der Waals surface area contributed by atoms with Gasteiger partial charge < -0.3 is 10.1 Å². The summed E-state index contributed by atoms with van der Waals surface area (Å²) in [5.41, 5.74) is 0.857. The molecule has 0 aliphatic heterocycles. The van der Waals surface area contributed by atoms with Gasteiger partial charge in [0.15, 0.2) is 0 Å². The quantitative estimate of drug-likeness (QED) is 0.855. The third-order valence-electron chi connectivity index (χ3n) is 3.75. The van der Waals surface area contributed by atoms with E-state index in [1.54, 1.807) is 13.3 Å². The summed E-state index contributed by atoms with van der Waals surface area (Å²) in [6.45, 7) is 0. The maximum atomic E-state index is 13.2. The van der Waals surface area contributed by atoms with Gasteiger partial charge in [-0.05, 0) is 44.4 Å². The number of nitrogens with zero attached hydrogens (tertiary/aromatic N) is 1. The predicted molar refractivity (Wildman–Crippen MR) is 64.2 cm³/mol. The van der Waals surface area contributed by atoms with E-state index < -0.39 is 0 Å². The SMILES string of the molecule is CNC(CC1(OC)CCC1)c1cncc(F)c1. The summed E-state index contributed by atoms with van der Waals surface area (Å²) in [4.78, 5) is 3.90. The minimum absolute atomic E-state index is 0.0278. The molecule has 0 aromatic carbocycles. The second-order valence-electron chi connectivity index (χ2n) is 4.72. The molecule has 3 nitrogen and oxygen atoms in total. The van der Waals surface area contributed by atoms with E-state index in [2.05, 4.69) is 10.3 Å². The van der Waals surface area contributed by atoms with Gasteiger partial charge in [0, 0.05) is 19.3 Å². The lowest BCUT2D eigenvalue weighted by atomic mass is 9.75. The smallest absolute Gasteiger partial charge is 0.141 e. The number of rotatable bonds is 5. The second-order valence-corrected chi connectivity index (χ2v) is 4.72. The Labute approximate surface area is 101 Å². The number of halogens is 1. The van der Waals surface area contributed by atoms with E-state index in [9.17, 15) is 4.39 Å². The van der Waals surface area contributed by atoms with Crippen molar-refractivity contribution < 1.29 is 9.13 Å². The minimum Gasteiger partial charge on any atom is -0.378 e. The highest BCUT2D eigenvalue weighted by molar-refractivity contribution is 5.16. The molecular formula is C13H19FN2O. The molecule has 1 aromatic rings. The fourth-order valence-corrected chi connectivity index (χ4v) is 2.44. The highest BCUT2D eigenvalue weighted by atomic mass is 19.1. The van der Waals surface area contributed by atoms with Crippen LogP contribution in [0.15, 0.2) is 18.5 Å². The van der Waals surface area contributed by atoms with Crippen molar-refractivity contribution in [1.82, 2.24) is 10.3 Å². The lowest BCUT2D eigenvalue weighted by Crippen LogP contribution is -2.42. The van der Waals surface area contributed by atoms with Crippen molar-refractivity contribution in [3.05, 3.63) is 29.8 Å². The Morgan fingerprint density at radius 3 is 2.76 bits per heavy atom. The maximum Gasteiger partial charge on any atom is 0.141 e. The van der Waals surface area contributed by atoms with Crippen LogP contribution in [0.2, 0.25) is 0 Å². The van der Waals surface area contributed by atoms with Gasteiger partial charge in [-0.15, -0.1) is 0 Å². The first-order valence-electron chi connectivity index (χ1n) is 6.02. The molecule has 17 heavy (non-hydrogen) atoms. The fourth-order valence-electron chi connectivity index (χ4n) is 2.44. The number of hydrogen-bond acceptors (Lipinski definition) is 3. The number of methoxy groups -OCH3 is 1. The third kappa shape index (κ3) is 2.64. The van der Waals surface area contributed by atoms with Crippen LogP contribution in [0, 0.1) is 5.82 Å². The fraction of sp³-hybridized carbons (Fsp3) is 0.615. The van der Waals surface area contributed by atoms with Gasteiger partial charge in [0.25, 0.3) is 0 Å².